The van der Waals surface area contributed by atoms with Gasteiger partial charge < -0.3 is 9.88 Å². The van der Waals surface area contributed by atoms with Crippen molar-refractivity contribution in [2.45, 2.75) is 45.3 Å². The van der Waals surface area contributed by atoms with E-state index in [4.69, 9.17) is 0 Å². The van der Waals surface area contributed by atoms with Crippen molar-refractivity contribution in [1.82, 2.24) is 24.6 Å². The summed E-state index contributed by atoms with van der Waals surface area (Å²) in [4.78, 5) is 4.44. The largest absolute Gasteiger partial charge is 0.331 e. The van der Waals surface area contributed by atoms with Crippen molar-refractivity contribution in [3.8, 4) is 0 Å². The summed E-state index contributed by atoms with van der Waals surface area (Å²) in [5.74, 6) is 0. The van der Waals surface area contributed by atoms with Gasteiger partial charge in [-0.3, -0.25) is 4.68 Å². The average Bonchev–Trinajstić information content (AvgIpc) is 3.03. The molecule has 1 N–H and O–H groups in total. The molecule has 1 fully saturated rings. The van der Waals surface area contributed by atoms with Crippen LogP contribution in [0, 0.1) is 0 Å². The highest BCUT2D eigenvalue weighted by Crippen LogP contribution is 2.19. The first-order valence-corrected chi connectivity index (χ1v) is 7.00. The van der Waals surface area contributed by atoms with Crippen LogP contribution in [0.5, 0.6) is 0 Å². The minimum Gasteiger partial charge on any atom is -0.331 e. The first kappa shape index (κ1) is 12.4. The Hall–Kier alpha value is -1.62. The second-order valence-electron chi connectivity index (χ2n) is 5.30. The first-order valence-electron chi connectivity index (χ1n) is 7.00. The van der Waals surface area contributed by atoms with Crippen LogP contribution in [-0.4, -0.2) is 25.4 Å². The van der Waals surface area contributed by atoms with Crippen LogP contribution < -0.4 is 5.32 Å². The monoisotopic (exact) mass is 259 g/mol. The minimum absolute atomic E-state index is 0.731. The molecule has 2 aromatic rings. The standard InChI is InChI=1S/C14H21N5/c1-3-11-6-14(18(2)17-11)9-19-8-13(16-10-19)7-15-12-4-5-12/h6,8,10,12,15H,3-5,7,9H2,1-2H3. The van der Waals surface area contributed by atoms with E-state index in [1.54, 1.807) is 0 Å². The molecule has 0 saturated heterocycles. The fourth-order valence-electron chi connectivity index (χ4n) is 2.20. The van der Waals surface area contributed by atoms with E-state index in [2.05, 4.69) is 39.2 Å². The van der Waals surface area contributed by atoms with E-state index < -0.39 is 0 Å². The maximum absolute atomic E-state index is 4.47. The first-order chi connectivity index (χ1) is 9.24. The Morgan fingerprint density at radius 3 is 2.89 bits per heavy atom. The highest BCUT2D eigenvalue weighted by molar-refractivity contribution is 5.11. The highest BCUT2D eigenvalue weighted by Gasteiger charge is 2.20. The second-order valence-corrected chi connectivity index (χ2v) is 5.30. The van der Waals surface area contributed by atoms with Crippen LogP contribution in [0.3, 0.4) is 0 Å². The SMILES string of the molecule is CCc1cc(Cn2cnc(CNC3CC3)c2)n(C)n1. The lowest BCUT2D eigenvalue weighted by atomic mass is 10.3. The third-order valence-electron chi connectivity index (χ3n) is 3.57. The Kier molecular flexibility index (Phi) is 3.38. The molecule has 3 rings (SSSR count). The van der Waals surface area contributed by atoms with Gasteiger partial charge in [0.15, 0.2) is 0 Å². The fourth-order valence-corrected chi connectivity index (χ4v) is 2.20. The van der Waals surface area contributed by atoms with Gasteiger partial charge in [-0.05, 0) is 25.3 Å². The summed E-state index contributed by atoms with van der Waals surface area (Å²) >= 11 is 0. The molecule has 0 radical (unpaired) electrons. The van der Waals surface area contributed by atoms with Crippen molar-refractivity contribution in [3.05, 3.63) is 35.7 Å². The van der Waals surface area contributed by atoms with Gasteiger partial charge in [0, 0.05) is 25.8 Å². The van der Waals surface area contributed by atoms with Crippen molar-refractivity contribution in [2.75, 3.05) is 0 Å². The Balaban J connectivity index is 1.63. The van der Waals surface area contributed by atoms with Crippen LogP contribution in [-0.2, 0) is 26.6 Å². The molecule has 5 nitrogen and oxygen atoms in total. The molecule has 5 heteroatoms. The molecule has 0 bridgehead atoms. The van der Waals surface area contributed by atoms with Gasteiger partial charge in [-0.25, -0.2) is 4.98 Å². The topological polar surface area (TPSA) is 47.7 Å². The zero-order valence-electron chi connectivity index (χ0n) is 11.6. The number of nitrogens with zero attached hydrogens (tertiary/aromatic N) is 4. The number of imidazole rings is 1. The Labute approximate surface area is 113 Å². The molecule has 0 amide bonds. The van der Waals surface area contributed by atoms with Crippen LogP contribution in [0.25, 0.3) is 0 Å². The van der Waals surface area contributed by atoms with E-state index in [-0.39, 0.29) is 0 Å². The second kappa shape index (κ2) is 5.17. The van der Waals surface area contributed by atoms with E-state index in [0.717, 1.165) is 36.9 Å². The summed E-state index contributed by atoms with van der Waals surface area (Å²) in [6, 6.07) is 2.90. The lowest BCUT2D eigenvalue weighted by Crippen LogP contribution is -2.15. The van der Waals surface area contributed by atoms with E-state index >= 15 is 0 Å². The van der Waals surface area contributed by atoms with Gasteiger partial charge in [-0.1, -0.05) is 6.92 Å². The Bertz CT molecular complexity index is 550. The maximum atomic E-state index is 4.47. The lowest BCUT2D eigenvalue weighted by molar-refractivity contribution is 0.657. The third-order valence-corrected chi connectivity index (χ3v) is 3.57. The van der Waals surface area contributed by atoms with Crippen LogP contribution in [0.1, 0.15) is 36.8 Å². The predicted molar refractivity (Wildman–Crippen MR) is 73.8 cm³/mol. The summed E-state index contributed by atoms with van der Waals surface area (Å²) in [5, 5.41) is 7.95. The maximum Gasteiger partial charge on any atom is 0.0953 e. The van der Waals surface area contributed by atoms with Crippen LogP contribution in [0.4, 0.5) is 0 Å². The van der Waals surface area contributed by atoms with Crippen molar-refractivity contribution >= 4 is 0 Å². The predicted octanol–water partition coefficient (Wildman–Crippen LogP) is 1.48. The molecule has 1 aliphatic rings. The average molecular weight is 259 g/mol. The fraction of sp³-hybridized carbons (Fsp3) is 0.571. The summed E-state index contributed by atoms with van der Waals surface area (Å²) in [5.41, 5.74) is 3.48. The van der Waals surface area contributed by atoms with Gasteiger partial charge in [0.25, 0.3) is 0 Å². The zero-order valence-corrected chi connectivity index (χ0v) is 11.6. The molecule has 0 atom stereocenters. The Morgan fingerprint density at radius 1 is 1.37 bits per heavy atom. The summed E-state index contributed by atoms with van der Waals surface area (Å²) < 4.78 is 4.08. The number of hydrogen-bond acceptors (Lipinski definition) is 3. The van der Waals surface area contributed by atoms with Crippen LogP contribution in [0.15, 0.2) is 18.6 Å². The molecule has 0 spiro atoms. The van der Waals surface area contributed by atoms with Crippen LogP contribution in [0.2, 0.25) is 0 Å². The quantitative estimate of drug-likeness (QED) is 0.855. The molecule has 1 saturated carbocycles. The summed E-state index contributed by atoms with van der Waals surface area (Å²) in [6.07, 6.45) is 7.63. The zero-order chi connectivity index (χ0) is 13.2. The molecule has 2 heterocycles. The number of aromatic nitrogens is 4. The van der Waals surface area contributed by atoms with Crippen molar-refractivity contribution < 1.29 is 0 Å². The van der Waals surface area contributed by atoms with Gasteiger partial charge in [0.05, 0.1) is 30.0 Å². The van der Waals surface area contributed by atoms with Crippen molar-refractivity contribution in [1.29, 1.82) is 0 Å². The van der Waals surface area contributed by atoms with Gasteiger partial charge in [0.1, 0.15) is 0 Å². The number of hydrogen-bond donors (Lipinski definition) is 1. The lowest BCUT2D eigenvalue weighted by Gasteiger charge is -2.02. The molecular weight excluding hydrogens is 238 g/mol. The summed E-state index contributed by atoms with van der Waals surface area (Å²) in [6.45, 7) is 3.84. The molecule has 0 aromatic carbocycles. The normalized spacial score (nSPS) is 15.1. The number of rotatable bonds is 6. The number of aryl methyl sites for hydroxylation is 2. The molecule has 102 valence electrons. The third kappa shape index (κ3) is 3.04. The smallest absolute Gasteiger partial charge is 0.0953 e. The van der Waals surface area contributed by atoms with Gasteiger partial charge >= 0.3 is 0 Å². The number of nitrogens with one attached hydrogen (secondary N) is 1. The highest BCUT2D eigenvalue weighted by atomic mass is 15.3. The van der Waals surface area contributed by atoms with E-state index in [1.807, 2.05) is 18.1 Å². The Morgan fingerprint density at radius 2 is 2.21 bits per heavy atom. The minimum atomic E-state index is 0.731. The summed E-state index contributed by atoms with van der Waals surface area (Å²) in [7, 11) is 2.00. The molecule has 19 heavy (non-hydrogen) atoms. The van der Waals surface area contributed by atoms with Gasteiger partial charge in [-0.15, -0.1) is 0 Å². The van der Waals surface area contributed by atoms with E-state index in [9.17, 15) is 0 Å². The molecule has 0 aliphatic heterocycles. The molecule has 0 unspecified atom stereocenters. The van der Waals surface area contributed by atoms with Crippen molar-refractivity contribution in [3.63, 3.8) is 0 Å². The van der Waals surface area contributed by atoms with Crippen molar-refractivity contribution in [2.24, 2.45) is 7.05 Å². The molecule has 1 aliphatic carbocycles. The van der Waals surface area contributed by atoms with E-state index in [0.29, 0.717) is 0 Å². The molecule has 2 aromatic heterocycles. The molecular formula is C14H21N5. The van der Waals surface area contributed by atoms with Gasteiger partial charge in [-0.2, -0.15) is 5.10 Å². The van der Waals surface area contributed by atoms with E-state index in [1.165, 1.54) is 18.5 Å². The van der Waals surface area contributed by atoms with Gasteiger partial charge in [0.2, 0.25) is 0 Å². The van der Waals surface area contributed by atoms with Crippen LogP contribution >= 0.6 is 0 Å².